The van der Waals surface area contributed by atoms with Crippen molar-refractivity contribution in [3.63, 3.8) is 0 Å². The second kappa shape index (κ2) is 4.08. The van der Waals surface area contributed by atoms with Gasteiger partial charge < -0.3 is 9.84 Å². The van der Waals surface area contributed by atoms with Crippen LogP contribution < -0.4 is 9.64 Å². The molecule has 0 saturated heterocycles. The van der Waals surface area contributed by atoms with Crippen molar-refractivity contribution in [3.8, 4) is 5.75 Å². The van der Waals surface area contributed by atoms with Gasteiger partial charge >= 0.3 is 5.97 Å². The molecule has 0 spiro atoms. The van der Waals surface area contributed by atoms with Crippen LogP contribution in [0.3, 0.4) is 0 Å². The first kappa shape index (κ1) is 11.4. The van der Waals surface area contributed by atoms with E-state index in [2.05, 4.69) is 0 Å². The molecule has 1 N–H and O–H groups in total. The smallest absolute Gasteiger partial charge is 0.326 e. The van der Waals surface area contributed by atoms with Crippen LogP contribution in [-0.4, -0.2) is 29.1 Å². The van der Waals surface area contributed by atoms with Crippen LogP contribution in [0.5, 0.6) is 5.75 Å². The number of hydrogen-bond acceptors (Lipinski definition) is 3. The molecule has 1 aromatic rings. The van der Waals surface area contributed by atoms with Crippen LogP contribution in [-0.2, 0) is 9.59 Å². The normalized spacial score (nSPS) is 20.5. The molecule has 0 aliphatic carbocycles. The second-order valence-electron chi connectivity index (χ2n) is 3.95. The summed E-state index contributed by atoms with van der Waals surface area (Å²) in [5.41, 5.74) is 0.505. The van der Waals surface area contributed by atoms with E-state index < -0.39 is 18.1 Å². The van der Waals surface area contributed by atoms with Crippen LogP contribution in [0.1, 0.15) is 13.8 Å². The summed E-state index contributed by atoms with van der Waals surface area (Å²) in [5, 5.41) is 9.03. The third-order valence-corrected chi connectivity index (χ3v) is 2.76. The van der Waals surface area contributed by atoms with E-state index in [4.69, 9.17) is 9.84 Å². The molecule has 0 unspecified atom stereocenters. The van der Waals surface area contributed by atoms with E-state index in [9.17, 15) is 9.59 Å². The molecule has 0 bridgehead atoms. The number of carboxylic acid groups (broad SMARTS) is 1. The number of carbonyl (C=O) groups is 2. The molecule has 1 heterocycles. The topological polar surface area (TPSA) is 66.8 Å². The van der Waals surface area contributed by atoms with E-state index in [1.807, 2.05) is 0 Å². The molecule has 1 aromatic carbocycles. The molecule has 2 atom stereocenters. The minimum Gasteiger partial charge on any atom is -0.480 e. The van der Waals surface area contributed by atoms with Crippen molar-refractivity contribution in [2.75, 3.05) is 4.90 Å². The summed E-state index contributed by atoms with van der Waals surface area (Å²) >= 11 is 0. The summed E-state index contributed by atoms with van der Waals surface area (Å²) in [6, 6.07) is 6.02. The van der Waals surface area contributed by atoms with Gasteiger partial charge in [-0.25, -0.2) is 4.79 Å². The largest absolute Gasteiger partial charge is 0.480 e. The van der Waals surface area contributed by atoms with Crippen molar-refractivity contribution >= 4 is 17.6 Å². The second-order valence-corrected chi connectivity index (χ2v) is 3.95. The van der Waals surface area contributed by atoms with Gasteiger partial charge in [-0.15, -0.1) is 0 Å². The van der Waals surface area contributed by atoms with Gasteiger partial charge in [-0.05, 0) is 26.0 Å². The number of carboxylic acids is 1. The predicted molar refractivity (Wildman–Crippen MR) is 61.1 cm³/mol. The molecule has 1 aliphatic rings. The molecule has 1 aliphatic heterocycles. The van der Waals surface area contributed by atoms with Gasteiger partial charge in [0.2, 0.25) is 0 Å². The zero-order valence-corrected chi connectivity index (χ0v) is 9.58. The first-order valence-electron chi connectivity index (χ1n) is 5.34. The average molecular weight is 235 g/mol. The Hall–Kier alpha value is -2.04. The highest BCUT2D eigenvalue weighted by molar-refractivity contribution is 6.03. The van der Waals surface area contributed by atoms with Gasteiger partial charge in [-0.1, -0.05) is 12.1 Å². The molecule has 5 nitrogen and oxygen atoms in total. The highest BCUT2D eigenvalue weighted by Crippen LogP contribution is 2.34. The number of rotatable bonds is 2. The third-order valence-electron chi connectivity index (χ3n) is 2.76. The van der Waals surface area contributed by atoms with Crippen LogP contribution in [0.15, 0.2) is 24.3 Å². The van der Waals surface area contributed by atoms with E-state index >= 15 is 0 Å². The molecule has 90 valence electrons. The van der Waals surface area contributed by atoms with Crippen molar-refractivity contribution in [1.82, 2.24) is 0 Å². The molecule has 0 fully saturated rings. The summed E-state index contributed by atoms with van der Waals surface area (Å²) < 4.78 is 5.42. The molecule has 0 aromatic heterocycles. The lowest BCUT2D eigenvalue weighted by molar-refractivity contribution is -0.140. The maximum Gasteiger partial charge on any atom is 0.326 e. The maximum absolute atomic E-state index is 12.0. The summed E-state index contributed by atoms with van der Waals surface area (Å²) in [5.74, 6) is -0.839. The molecule has 0 saturated carbocycles. The zero-order chi connectivity index (χ0) is 12.6. The number of hydrogen-bond donors (Lipinski definition) is 1. The highest BCUT2D eigenvalue weighted by atomic mass is 16.5. The van der Waals surface area contributed by atoms with Crippen LogP contribution in [0, 0.1) is 0 Å². The number of para-hydroxylation sites is 2. The zero-order valence-electron chi connectivity index (χ0n) is 9.58. The minimum absolute atomic E-state index is 0.335. The third kappa shape index (κ3) is 1.84. The van der Waals surface area contributed by atoms with Crippen LogP contribution in [0.4, 0.5) is 5.69 Å². The lowest BCUT2D eigenvalue weighted by Gasteiger charge is -2.35. The van der Waals surface area contributed by atoms with Crippen molar-refractivity contribution in [3.05, 3.63) is 24.3 Å². The van der Waals surface area contributed by atoms with E-state index in [0.717, 1.165) is 0 Å². The molecule has 17 heavy (non-hydrogen) atoms. The number of fused-ring (bicyclic) bond motifs is 1. The van der Waals surface area contributed by atoms with E-state index in [0.29, 0.717) is 11.4 Å². The highest BCUT2D eigenvalue weighted by Gasteiger charge is 2.36. The molecular formula is C12H13NO4. The maximum atomic E-state index is 12.0. The molecule has 5 heteroatoms. The summed E-state index contributed by atoms with van der Waals surface area (Å²) in [6.07, 6.45) is -0.660. The van der Waals surface area contributed by atoms with Gasteiger partial charge in [-0.3, -0.25) is 9.69 Å². The van der Waals surface area contributed by atoms with E-state index in [1.54, 1.807) is 31.2 Å². The Morgan fingerprint density at radius 2 is 2.12 bits per heavy atom. The fourth-order valence-corrected chi connectivity index (χ4v) is 1.82. The number of carbonyl (C=O) groups excluding carboxylic acids is 1. The number of anilines is 1. The monoisotopic (exact) mass is 235 g/mol. The van der Waals surface area contributed by atoms with Crippen molar-refractivity contribution in [2.45, 2.75) is 26.0 Å². The molecule has 1 amide bonds. The van der Waals surface area contributed by atoms with Crippen molar-refractivity contribution in [1.29, 1.82) is 0 Å². The number of ether oxygens (including phenoxy) is 1. The first-order valence-corrected chi connectivity index (χ1v) is 5.34. The van der Waals surface area contributed by atoms with Crippen molar-refractivity contribution < 1.29 is 19.4 Å². The number of amides is 1. The number of aliphatic carboxylic acids is 1. The number of nitrogens with zero attached hydrogens (tertiary/aromatic N) is 1. The SMILES string of the molecule is C[C@@H]1Oc2ccccc2N([C@H](C)C(=O)O)C1=O. The van der Waals surface area contributed by atoms with Gasteiger partial charge in [0, 0.05) is 0 Å². The van der Waals surface area contributed by atoms with E-state index in [1.165, 1.54) is 11.8 Å². The Labute approximate surface area is 98.6 Å². The van der Waals surface area contributed by atoms with Crippen LogP contribution in [0.2, 0.25) is 0 Å². The Bertz CT molecular complexity index is 471. The van der Waals surface area contributed by atoms with Crippen LogP contribution in [0.25, 0.3) is 0 Å². The van der Waals surface area contributed by atoms with Gasteiger partial charge in [0.05, 0.1) is 5.69 Å². The Morgan fingerprint density at radius 1 is 1.47 bits per heavy atom. The Kier molecular flexibility index (Phi) is 2.75. The fraction of sp³-hybridized carbons (Fsp3) is 0.333. The van der Waals surface area contributed by atoms with Gasteiger partial charge in [0.25, 0.3) is 5.91 Å². The molecule has 2 rings (SSSR count). The number of benzene rings is 1. The van der Waals surface area contributed by atoms with Crippen LogP contribution >= 0.6 is 0 Å². The fourth-order valence-electron chi connectivity index (χ4n) is 1.82. The summed E-state index contributed by atoms with van der Waals surface area (Å²) in [4.78, 5) is 24.3. The Morgan fingerprint density at radius 3 is 2.76 bits per heavy atom. The van der Waals surface area contributed by atoms with E-state index in [-0.39, 0.29) is 5.91 Å². The average Bonchev–Trinajstić information content (AvgIpc) is 2.30. The van der Waals surface area contributed by atoms with Gasteiger partial charge in [0.1, 0.15) is 11.8 Å². The Balaban J connectivity index is 2.49. The quantitative estimate of drug-likeness (QED) is 0.838. The standard InChI is InChI=1S/C12H13NO4/c1-7(12(15)16)13-9-5-3-4-6-10(9)17-8(2)11(13)14/h3-8H,1-2H3,(H,15,16)/t7-,8+/m1/s1. The van der Waals surface area contributed by atoms with Gasteiger partial charge in [-0.2, -0.15) is 0 Å². The summed E-state index contributed by atoms with van der Waals surface area (Å²) in [7, 11) is 0. The lowest BCUT2D eigenvalue weighted by Crippen LogP contribution is -2.51. The molecular weight excluding hydrogens is 222 g/mol. The summed E-state index contributed by atoms with van der Waals surface area (Å²) in [6.45, 7) is 3.09. The first-order chi connectivity index (χ1) is 8.02. The van der Waals surface area contributed by atoms with Gasteiger partial charge in [0.15, 0.2) is 6.10 Å². The molecule has 0 radical (unpaired) electrons. The lowest BCUT2D eigenvalue weighted by atomic mass is 10.1. The minimum atomic E-state index is -1.04. The predicted octanol–water partition coefficient (Wildman–Crippen LogP) is 1.27. The van der Waals surface area contributed by atoms with Crippen molar-refractivity contribution in [2.24, 2.45) is 0 Å².